The van der Waals surface area contributed by atoms with Crippen molar-refractivity contribution in [1.29, 1.82) is 0 Å². The van der Waals surface area contributed by atoms with E-state index >= 15 is 0 Å². The second kappa shape index (κ2) is 5.58. The molecule has 1 fully saturated rings. The minimum Gasteiger partial charge on any atom is -0.366 e. The highest BCUT2D eigenvalue weighted by atomic mass is 32.1. The van der Waals surface area contributed by atoms with Crippen LogP contribution in [0.25, 0.3) is 0 Å². The van der Waals surface area contributed by atoms with Crippen LogP contribution in [0.2, 0.25) is 0 Å². The number of hydrogen-bond donors (Lipinski definition) is 0. The fourth-order valence-corrected chi connectivity index (χ4v) is 2.90. The molecule has 0 atom stereocenters. The number of para-hydroxylation sites is 1. The molecule has 1 aromatic carbocycles. The molecule has 3 rings (SSSR count). The zero-order chi connectivity index (χ0) is 13.9. The highest BCUT2D eigenvalue weighted by molar-refractivity contribution is 7.08. The van der Waals surface area contributed by atoms with E-state index in [4.69, 9.17) is 0 Å². The first-order chi connectivity index (χ1) is 9.75. The lowest BCUT2D eigenvalue weighted by molar-refractivity contribution is 0.0751. The van der Waals surface area contributed by atoms with Crippen molar-refractivity contribution in [2.45, 2.75) is 0 Å². The predicted octanol–water partition coefficient (Wildman–Crippen LogP) is 2.24. The highest BCUT2D eigenvalue weighted by Gasteiger charge is 2.24. The molecule has 1 amide bonds. The standard InChI is InChI=1S/C14H14FN3OS/c15-11-3-1-2-4-12(11)17-7-9-18(10-8-17)14(19)13-5-6-16-20-13/h1-6H,7-10H2. The van der Waals surface area contributed by atoms with Crippen LogP contribution in [-0.4, -0.2) is 41.4 Å². The van der Waals surface area contributed by atoms with Crippen molar-refractivity contribution in [2.24, 2.45) is 0 Å². The molecule has 4 nitrogen and oxygen atoms in total. The largest absolute Gasteiger partial charge is 0.366 e. The van der Waals surface area contributed by atoms with E-state index in [1.54, 1.807) is 29.3 Å². The van der Waals surface area contributed by atoms with Crippen LogP contribution in [0.4, 0.5) is 10.1 Å². The Balaban J connectivity index is 1.65. The van der Waals surface area contributed by atoms with Crippen LogP contribution in [0, 0.1) is 5.82 Å². The van der Waals surface area contributed by atoms with Crippen LogP contribution < -0.4 is 4.90 Å². The Labute approximate surface area is 120 Å². The molecule has 2 aromatic rings. The summed E-state index contributed by atoms with van der Waals surface area (Å²) in [6.45, 7) is 2.49. The Kier molecular flexibility index (Phi) is 3.64. The van der Waals surface area contributed by atoms with E-state index in [1.165, 1.54) is 17.6 Å². The fourth-order valence-electron chi connectivity index (χ4n) is 2.34. The molecule has 1 aliphatic heterocycles. The summed E-state index contributed by atoms with van der Waals surface area (Å²) in [6, 6.07) is 8.48. The number of carbonyl (C=O) groups excluding carboxylic acids is 1. The maximum Gasteiger partial charge on any atom is 0.265 e. The Morgan fingerprint density at radius 1 is 1.15 bits per heavy atom. The van der Waals surface area contributed by atoms with Crippen LogP contribution in [0.3, 0.4) is 0 Å². The molecule has 1 saturated heterocycles. The van der Waals surface area contributed by atoms with Crippen molar-refractivity contribution in [2.75, 3.05) is 31.1 Å². The van der Waals surface area contributed by atoms with Crippen LogP contribution in [0.5, 0.6) is 0 Å². The first-order valence-electron chi connectivity index (χ1n) is 6.45. The summed E-state index contributed by atoms with van der Waals surface area (Å²) >= 11 is 1.21. The molecule has 1 aliphatic rings. The van der Waals surface area contributed by atoms with Crippen molar-refractivity contribution in [3.05, 3.63) is 47.2 Å². The molecule has 1 aromatic heterocycles. The summed E-state index contributed by atoms with van der Waals surface area (Å²) in [5, 5.41) is 0. The number of aromatic nitrogens is 1. The molecular weight excluding hydrogens is 277 g/mol. The van der Waals surface area contributed by atoms with Gasteiger partial charge >= 0.3 is 0 Å². The predicted molar refractivity (Wildman–Crippen MR) is 76.6 cm³/mol. The van der Waals surface area contributed by atoms with Crippen LogP contribution >= 0.6 is 11.5 Å². The minimum atomic E-state index is -0.213. The monoisotopic (exact) mass is 291 g/mol. The highest BCUT2D eigenvalue weighted by Crippen LogP contribution is 2.21. The van der Waals surface area contributed by atoms with Crippen molar-refractivity contribution in [1.82, 2.24) is 9.27 Å². The van der Waals surface area contributed by atoms with Gasteiger partial charge in [-0.3, -0.25) is 4.79 Å². The van der Waals surface area contributed by atoms with Crippen LogP contribution in [-0.2, 0) is 0 Å². The minimum absolute atomic E-state index is 0.0145. The van der Waals surface area contributed by atoms with Gasteiger partial charge in [0.05, 0.1) is 5.69 Å². The zero-order valence-corrected chi connectivity index (χ0v) is 11.6. The maximum atomic E-state index is 13.7. The molecule has 0 aliphatic carbocycles. The quantitative estimate of drug-likeness (QED) is 0.851. The van der Waals surface area contributed by atoms with Crippen molar-refractivity contribution >= 4 is 23.1 Å². The number of carbonyl (C=O) groups is 1. The van der Waals surface area contributed by atoms with Gasteiger partial charge in [-0.25, -0.2) is 8.76 Å². The van der Waals surface area contributed by atoms with Crippen molar-refractivity contribution < 1.29 is 9.18 Å². The molecule has 2 heterocycles. The third-order valence-corrected chi connectivity index (χ3v) is 4.14. The van der Waals surface area contributed by atoms with E-state index in [9.17, 15) is 9.18 Å². The van der Waals surface area contributed by atoms with Gasteiger partial charge in [0.25, 0.3) is 5.91 Å². The fraction of sp³-hybridized carbons (Fsp3) is 0.286. The number of benzene rings is 1. The first kappa shape index (κ1) is 13.1. The second-order valence-electron chi connectivity index (χ2n) is 4.61. The molecule has 0 radical (unpaired) electrons. The third-order valence-electron chi connectivity index (χ3n) is 3.41. The second-order valence-corrected chi connectivity index (χ2v) is 5.44. The summed E-state index contributed by atoms with van der Waals surface area (Å²) in [4.78, 5) is 16.6. The Morgan fingerprint density at radius 3 is 2.55 bits per heavy atom. The zero-order valence-electron chi connectivity index (χ0n) is 10.8. The number of amides is 1. The lowest BCUT2D eigenvalue weighted by Crippen LogP contribution is -2.48. The first-order valence-corrected chi connectivity index (χ1v) is 7.22. The summed E-state index contributed by atoms with van der Waals surface area (Å²) in [7, 11) is 0. The SMILES string of the molecule is O=C(c1ccns1)N1CCN(c2ccccc2F)CC1. The van der Waals surface area contributed by atoms with Gasteiger partial charge in [-0.1, -0.05) is 12.1 Å². The maximum absolute atomic E-state index is 13.7. The van der Waals surface area contributed by atoms with E-state index in [0.717, 1.165) is 0 Å². The third kappa shape index (κ3) is 2.51. The number of piperazine rings is 1. The number of hydrogen-bond acceptors (Lipinski definition) is 4. The smallest absolute Gasteiger partial charge is 0.265 e. The summed E-state index contributed by atoms with van der Waals surface area (Å²) < 4.78 is 17.7. The molecule has 0 N–H and O–H groups in total. The summed E-state index contributed by atoms with van der Waals surface area (Å²) in [6.07, 6.45) is 1.63. The van der Waals surface area contributed by atoms with E-state index < -0.39 is 0 Å². The van der Waals surface area contributed by atoms with Crippen LogP contribution in [0.15, 0.2) is 36.5 Å². The van der Waals surface area contributed by atoms with Gasteiger partial charge < -0.3 is 9.80 Å². The summed E-state index contributed by atoms with van der Waals surface area (Å²) in [5.41, 5.74) is 0.609. The topological polar surface area (TPSA) is 36.4 Å². The number of anilines is 1. The van der Waals surface area contributed by atoms with Gasteiger partial charge in [-0.15, -0.1) is 0 Å². The average molecular weight is 291 g/mol. The number of nitrogens with zero attached hydrogens (tertiary/aromatic N) is 3. The lowest BCUT2D eigenvalue weighted by atomic mass is 10.2. The van der Waals surface area contributed by atoms with Gasteiger partial charge in [0.1, 0.15) is 10.7 Å². The van der Waals surface area contributed by atoms with E-state index in [0.29, 0.717) is 36.7 Å². The average Bonchev–Trinajstić information content (AvgIpc) is 3.01. The molecule has 0 saturated carbocycles. The van der Waals surface area contributed by atoms with Gasteiger partial charge in [0, 0.05) is 32.4 Å². The van der Waals surface area contributed by atoms with Gasteiger partial charge in [-0.2, -0.15) is 0 Å². The van der Waals surface area contributed by atoms with Crippen molar-refractivity contribution in [3.63, 3.8) is 0 Å². The van der Waals surface area contributed by atoms with Crippen molar-refractivity contribution in [3.8, 4) is 0 Å². The molecule has 104 valence electrons. The van der Waals surface area contributed by atoms with E-state index in [1.807, 2.05) is 11.0 Å². The van der Waals surface area contributed by atoms with Gasteiger partial charge in [0.2, 0.25) is 0 Å². The normalized spacial score (nSPS) is 15.4. The molecule has 0 unspecified atom stereocenters. The van der Waals surface area contributed by atoms with E-state index in [-0.39, 0.29) is 11.7 Å². The van der Waals surface area contributed by atoms with Gasteiger partial charge in [0.15, 0.2) is 0 Å². The van der Waals surface area contributed by atoms with Crippen LogP contribution in [0.1, 0.15) is 9.67 Å². The Hall–Kier alpha value is -1.95. The number of halogens is 1. The van der Waals surface area contributed by atoms with E-state index in [2.05, 4.69) is 4.37 Å². The molecule has 0 spiro atoms. The Morgan fingerprint density at radius 2 is 1.90 bits per heavy atom. The molecule has 6 heteroatoms. The molecule has 20 heavy (non-hydrogen) atoms. The summed E-state index contributed by atoms with van der Waals surface area (Å²) in [5.74, 6) is -0.199. The Bertz CT molecular complexity index is 594. The molecule has 0 bridgehead atoms. The number of rotatable bonds is 2. The lowest BCUT2D eigenvalue weighted by Gasteiger charge is -2.36. The van der Waals surface area contributed by atoms with Gasteiger partial charge in [-0.05, 0) is 29.7 Å². The molecular formula is C14H14FN3OS.